The normalized spacial score (nSPS) is 18.5. The summed E-state index contributed by atoms with van der Waals surface area (Å²) >= 11 is 0. The maximum Gasteiger partial charge on any atom is 0.250 e. The second kappa shape index (κ2) is 9.03. The second-order valence-electron chi connectivity index (χ2n) is 9.16. The fourth-order valence-corrected chi connectivity index (χ4v) is 6.85. The standard InChI is InChI=1S/C22H27N5O6S2/c1-34(29,30)26-10-7-21(25-26)24-22(28)19(13-15-8-11-33-12-9-15)27-18-3-2-4-20(17(18)14-23-27)35(31,32)16-5-6-16/h2-4,7,10,14-16,19H,5-6,8-9,11-13H2,1H3,(H,24,25,28). The quantitative estimate of drug-likeness (QED) is 0.474. The molecule has 2 fully saturated rings. The Hall–Kier alpha value is -2.77. The number of carbonyl (C=O) groups is 1. The molecule has 1 saturated carbocycles. The molecule has 1 aliphatic heterocycles. The minimum Gasteiger partial charge on any atom is -0.381 e. The monoisotopic (exact) mass is 521 g/mol. The van der Waals surface area contributed by atoms with Crippen molar-refractivity contribution >= 4 is 42.5 Å². The van der Waals surface area contributed by atoms with Crippen LogP contribution in [-0.2, 0) is 29.4 Å². The van der Waals surface area contributed by atoms with Gasteiger partial charge in [-0.25, -0.2) is 16.8 Å². The smallest absolute Gasteiger partial charge is 0.250 e. The average Bonchev–Trinajstić information content (AvgIpc) is 3.44. The predicted octanol–water partition coefficient (Wildman–Crippen LogP) is 1.97. The van der Waals surface area contributed by atoms with E-state index in [-0.39, 0.29) is 21.9 Å². The molecular weight excluding hydrogens is 494 g/mol. The number of fused-ring (bicyclic) bond motifs is 1. The number of amides is 1. The molecule has 0 bridgehead atoms. The van der Waals surface area contributed by atoms with Gasteiger partial charge in [0.1, 0.15) is 6.04 Å². The largest absolute Gasteiger partial charge is 0.381 e. The molecule has 3 heterocycles. The molecule has 11 nitrogen and oxygen atoms in total. The molecule has 5 rings (SSSR count). The lowest BCUT2D eigenvalue weighted by atomic mass is 9.92. The highest BCUT2D eigenvalue weighted by Crippen LogP contribution is 2.37. The minimum atomic E-state index is -3.59. The topological polar surface area (TPSA) is 142 Å². The fraction of sp³-hybridized carbons (Fsp3) is 0.500. The molecule has 2 aliphatic rings. The Labute approximate surface area is 203 Å². The third-order valence-corrected chi connectivity index (χ3v) is 9.72. The number of nitrogens with one attached hydrogen (secondary N) is 1. The number of carbonyl (C=O) groups excluding carboxylic acids is 1. The van der Waals surface area contributed by atoms with Crippen LogP contribution in [0, 0.1) is 5.92 Å². The van der Waals surface area contributed by atoms with E-state index in [0.717, 1.165) is 23.2 Å². The lowest BCUT2D eigenvalue weighted by Gasteiger charge is -2.26. The van der Waals surface area contributed by atoms with E-state index < -0.39 is 31.8 Å². The average molecular weight is 522 g/mol. The zero-order valence-corrected chi connectivity index (χ0v) is 20.8. The third-order valence-electron chi connectivity index (χ3n) is 6.52. The van der Waals surface area contributed by atoms with E-state index >= 15 is 0 Å². The van der Waals surface area contributed by atoms with Crippen molar-refractivity contribution in [3.63, 3.8) is 0 Å². The van der Waals surface area contributed by atoms with Gasteiger partial charge in [-0.3, -0.25) is 9.48 Å². The van der Waals surface area contributed by atoms with E-state index in [9.17, 15) is 21.6 Å². The molecule has 13 heteroatoms. The van der Waals surface area contributed by atoms with E-state index in [4.69, 9.17) is 4.74 Å². The second-order valence-corrected chi connectivity index (χ2v) is 13.2. The summed E-state index contributed by atoms with van der Waals surface area (Å²) in [7, 11) is -7.04. The summed E-state index contributed by atoms with van der Waals surface area (Å²) in [5.41, 5.74) is 0.556. The predicted molar refractivity (Wildman–Crippen MR) is 128 cm³/mol. The number of hydrogen-bond donors (Lipinski definition) is 1. The van der Waals surface area contributed by atoms with Gasteiger partial charge < -0.3 is 10.1 Å². The van der Waals surface area contributed by atoms with Crippen LogP contribution in [0.3, 0.4) is 0 Å². The first-order valence-electron chi connectivity index (χ1n) is 11.5. The molecule has 0 spiro atoms. The zero-order valence-electron chi connectivity index (χ0n) is 19.2. The number of aromatic nitrogens is 4. The molecule has 2 aromatic heterocycles. The van der Waals surface area contributed by atoms with Gasteiger partial charge in [0.05, 0.1) is 28.1 Å². The molecule has 1 N–H and O–H groups in total. The van der Waals surface area contributed by atoms with Gasteiger partial charge in [-0.1, -0.05) is 6.07 Å². The van der Waals surface area contributed by atoms with Crippen molar-refractivity contribution in [3.05, 3.63) is 36.7 Å². The van der Waals surface area contributed by atoms with Gasteiger partial charge >= 0.3 is 0 Å². The van der Waals surface area contributed by atoms with Crippen LogP contribution < -0.4 is 5.32 Å². The van der Waals surface area contributed by atoms with Crippen molar-refractivity contribution in [2.45, 2.75) is 48.3 Å². The maximum atomic E-state index is 13.5. The van der Waals surface area contributed by atoms with Crippen molar-refractivity contribution in [1.29, 1.82) is 0 Å². The SMILES string of the molecule is CS(=O)(=O)n1ccc(NC(=O)C(CC2CCOCC2)n2ncc3c(S(=O)(=O)C4CC4)cccc32)n1. The Morgan fingerprint density at radius 3 is 2.54 bits per heavy atom. The number of ether oxygens (including phenoxy) is 1. The number of hydrogen-bond acceptors (Lipinski definition) is 8. The van der Waals surface area contributed by atoms with Crippen molar-refractivity contribution in [2.24, 2.45) is 5.92 Å². The Bertz CT molecular complexity index is 1470. The lowest BCUT2D eigenvalue weighted by Crippen LogP contribution is -2.30. The van der Waals surface area contributed by atoms with Crippen molar-refractivity contribution in [2.75, 3.05) is 24.8 Å². The van der Waals surface area contributed by atoms with E-state index in [1.54, 1.807) is 22.9 Å². The van der Waals surface area contributed by atoms with E-state index in [2.05, 4.69) is 15.5 Å². The number of rotatable bonds is 8. The third kappa shape index (κ3) is 4.84. The Morgan fingerprint density at radius 1 is 1.14 bits per heavy atom. The number of nitrogens with zero attached hydrogens (tertiary/aromatic N) is 4. The molecule has 1 unspecified atom stereocenters. The van der Waals surface area contributed by atoms with Crippen LogP contribution in [0.5, 0.6) is 0 Å². The molecular formula is C22H27N5O6S2. The van der Waals surface area contributed by atoms with Crippen LogP contribution in [-0.4, -0.2) is 66.4 Å². The van der Waals surface area contributed by atoms with Crippen LogP contribution in [0.1, 0.15) is 38.1 Å². The van der Waals surface area contributed by atoms with Gasteiger partial charge in [-0.05, 0) is 50.2 Å². The van der Waals surface area contributed by atoms with Gasteiger partial charge in [-0.15, -0.1) is 5.10 Å². The van der Waals surface area contributed by atoms with Crippen LogP contribution in [0.15, 0.2) is 41.6 Å². The fourth-order valence-electron chi connectivity index (χ4n) is 4.48. The summed E-state index contributed by atoms with van der Waals surface area (Å²) in [4.78, 5) is 13.7. The summed E-state index contributed by atoms with van der Waals surface area (Å²) in [5, 5.41) is 11.2. The Kier molecular flexibility index (Phi) is 6.18. The minimum absolute atomic E-state index is 0.103. The van der Waals surface area contributed by atoms with E-state index in [0.29, 0.717) is 43.4 Å². The van der Waals surface area contributed by atoms with Gasteiger partial charge in [0, 0.05) is 30.9 Å². The van der Waals surface area contributed by atoms with Crippen LogP contribution in [0.25, 0.3) is 10.9 Å². The summed E-state index contributed by atoms with van der Waals surface area (Å²) in [5.74, 6) is -0.0905. The molecule has 1 amide bonds. The Morgan fingerprint density at radius 2 is 1.89 bits per heavy atom. The van der Waals surface area contributed by atoms with Crippen molar-refractivity contribution < 1.29 is 26.4 Å². The zero-order chi connectivity index (χ0) is 24.8. The van der Waals surface area contributed by atoms with Crippen molar-refractivity contribution in [3.8, 4) is 0 Å². The highest BCUT2D eigenvalue weighted by Gasteiger charge is 2.38. The first-order chi connectivity index (χ1) is 16.6. The number of benzene rings is 1. The Balaban J connectivity index is 1.50. The highest BCUT2D eigenvalue weighted by molar-refractivity contribution is 7.92. The molecule has 1 saturated heterocycles. The van der Waals surface area contributed by atoms with Gasteiger partial charge in [0.25, 0.3) is 10.0 Å². The molecule has 0 radical (unpaired) electrons. The first-order valence-corrected chi connectivity index (χ1v) is 14.9. The molecule has 35 heavy (non-hydrogen) atoms. The molecule has 1 aliphatic carbocycles. The molecule has 3 aromatic rings. The lowest BCUT2D eigenvalue weighted by molar-refractivity contribution is -0.120. The summed E-state index contributed by atoms with van der Waals surface area (Å²) in [6.07, 6.45) is 7.16. The summed E-state index contributed by atoms with van der Waals surface area (Å²) in [6.45, 7) is 1.23. The van der Waals surface area contributed by atoms with Gasteiger partial charge in [0.15, 0.2) is 15.7 Å². The van der Waals surface area contributed by atoms with E-state index in [1.165, 1.54) is 18.5 Å². The molecule has 188 valence electrons. The van der Waals surface area contributed by atoms with Crippen LogP contribution in [0.2, 0.25) is 0 Å². The van der Waals surface area contributed by atoms with Gasteiger partial charge in [0.2, 0.25) is 5.91 Å². The highest BCUT2D eigenvalue weighted by atomic mass is 32.2. The van der Waals surface area contributed by atoms with E-state index in [1.807, 2.05) is 0 Å². The first kappa shape index (κ1) is 23.9. The molecule has 1 atom stereocenters. The summed E-state index contributed by atoms with van der Waals surface area (Å²) in [6, 6.07) is 5.68. The van der Waals surface area contributed by atoms with Crippen LogP contribution in [0.4, 0.5) is 5.82 Å². The molecule has 1 aromatic carbocycles. The van der Waals surface area contributed by atoms with Crippen molar-refractivity contribution in [1.82, 2.24) is 19.0 Å². The maximum absolute atomic E-state index is 13.5. The van der Waals surface area contributed by atoms with Gasteiger partial charge in [-0.2, -0.15) is 9.19 Å². The number of anilines is 1. The number of sulfone groups is 1. The summed E-state index contributed by atoms with van der Waals surface area (Å²) < 4.78 is 57.2. The van der Waals surface area contributed by atoms with Crippen LogP contribution >= 0.6 is 0 Å².